The van der Waals surface area contributed by atoms with Gasteiger partial charge in [0.2, 0.25) is 5.91 Å². The fraction of sp³-hybridized carbons (Fsp3) is 0.350. The summed E-state index contributed by atoms with van der Waals surface area (Å²) >= 11 is 2.36. The SMILES string of the molecule is O=C1CN(C2CCCC2)[C@H](c2ccccc2)c2cc(I)ccc2N1. The maximum Gasteiger partial charge on any atom is 0.238 e. The molecular weight excluding hydrogens is 411 g/mol. The Kier molecular flexibility index (Phi) is 4.59. The zero-order valence-electron chi connectivity index (χ0n) is 13.5. The second-order valence-electron chi connectivity index (χ2n) is 6.70. The minimum absolute atomic E-state index is 0.0998. The fourth-order valence-electron chi connectivity index (χ4n) is 4.08. The van der Waals surface area contributed by atoms with Gasteiger partial charge in [-0.25, -0.2) is 0 Å². The van der Waals surface area contributed by atoms with Gasteiger partial charge in [0.05, 0.1) is 12.6 Å². The number of rotatable bonds is 2. The molecule has 4 heteroatoms. The largest absolute Gasteiger partial charge is 0.325 e. The summed E-state index contributed by atoms with van der Waals surface area (Å²) in [4.78, 5) is 15.0. The van der Waals surface area contributed by atoms with Crippen LogP contribution in [0, 0.1) is 3.57 Å². The Bertz CT molecular complexity index is 741. The molecule has 1 heterocycles. The van der Waals surface area contributed by atoms with E-state index in [1.165, 1.54) is 40.4 Å². The Morgan fingerprint density at radius 2 is 1.79 bits per heavy atom. The van der Waals surface area contributed by atoms with Gasteiger partial charge in [0.15, 0.2) is 0 Å². The highest BCUT2D eigenvalue weighted by atomic mass is 127. The van der Waals surface area contributed by atoms with Gasteiger partial charge in [-0.05, 0) is 64.8 Å². The molecule has 2 aliphatic rings. The summed E-state index contributed by atoms with van der Waals surface area (Å²) in [6, 6.07) is 17.6. The van der Waals surface area contributed by atoms with Gasteiger partial charge in [0.25, 0.3) is 0 Å². The van der Waals surface area contributed by atoms with Crippen LogP contribution >= 0.6 is 22.6 Å². The van der Waals surface area contributed by atoms with E-state index < -0.39 is 0 Å². The highest BCUT2D eigenvalue weighted by Crippen LogP contribution is 2.40. The molecule has 1 aliphatic heterocycles. The van der Waals surface area contributed by atoms with E-state index in [1.807, 2.05) is 6.07 Å². The molecule has 0 spiro atoms. The van der Waals surface area contributed by atoms with Crippen molar-refractivity contribution >= 4 is 34.2 Å². The predicted molar refractivity (Wildman–Crippen MR) is 105 cm³/mol. The smallest absolute Gasteiger partial charge is 0.238 e. The lowest BCUT2D eigenvalue weighted by atomic mass is 9.94. The van der Waals surface area contributed by atoms with Crippen molar-refractivity contribution in [1.82, 2.24) is 4.90 Å². The standard InChI is InChI=1S/C20H21IN2O/c21-15-10-11-18-17(12-15)20(14-6-2-1-3-7-14)23(13-19(24)22-18)16-8-4-5-9-16/h1-3,6-7,10-12,16,20H,4-5,8-9,13H2,(H,22,24)/t20-/m1/s1. The lowest BCUT2D eigenvalue weighted by Gasteiger charge is -2.35. The first-order valence-electron chi connectivity index (χ1n) is 8.62. The van der Waals surface area contributed by atoms with Gasteiger partial charge in [-0.3, -0.25) is 9.69 Å². The number of amides is 1. The monoisotopic (exact) mass is 432 g/mol. The molecule has 1 fully saturated rings. The van der Waals surface area contributed by atoms with E-state index in [9.17, 15) is 4.79 Å². The molecule has 2 aromatic rings. The van der Waals surface area contributed by atoms with E-state index in [4.69, 9.17) is 0 Å². The van der Waals surface area contributed by atoms with Crippen LogP contribution in [0.3, 0.4) is 0 Å². The summed E-state index contributed by atoms with van der Waals surface area (Å²) < 4.78 is 1.20. The number of halogens is 1. The molecule has 124 valence electrons. The first-order chi connectivity index (χ1) is 11.7. The minimum Gasteiger partial charge on any atom is -0.325 e. The van der Waals surface area contributed by atoms with Crippen molar-refractivity contribution in [2.75, 3.05) is 11.9 Å². The Morgan fingerprint density at radius 1 is 1.04 bits per heavy atom. The quantitative estimate of drug-likeness (QED) is 0.705. The molecule has 1 saturated carbocycles. The lowest BCUT2D eigenvalue weighted by Crippen LogP contribution is -2.40. The minimum atomic E-state index is 0.0998. The van der Waals surface area contributed by atoms with Crippen LogP contribution in [-0.4, -0.2) is 23.4 Å². The van der Waals surface area contributed by atoms with Crippen LogP contribution < -0.4 is 5.32 Å². The van der Waals surface area contributed by atoms with Gasteiger partial charge in [0.1, 0.15) is 0 Å². The van der Waals surface area contributed by atoms with Crippen molar-refractivity contribution in [3.63, 3.8) is 0 Å². The van der Waals surface area contributed by atoms with E-state index in [2.05, 4.69) is 75.3 Å². The summed E-state index contributed by atoms with van der Waals surface area (Å²) in [5.74, 6) is 0.0998. The van der Waals surface area contributed by atoms with Crippen LogP contribution in [0.15, 0.2) is 48.5 Å². The summed E-state index contributed by atoms with van der Waals surface area (Å²) in [7, 11) is 0. The second kappa shape index (κ2) is 6.84. The van der Waals surface area contributed by atoms with Crippen molar-refractivity contribution in [3.8, 4) is 0 Å². The molecule has 4 rings (SSSR count). The van der Waals surface area contributed by atoms with Gasteiger partial charge in [-0.1, -0.05) is 43.2 Å². The third kappa shape index (κ3) is 3.09. The average Bonchev–Trinajstić information content (AvgIpc) is 3.07. The molecule has 1 aliphatic carbocycles. The van der Waals surface area contributed by atoms with Crippen LogP contribution in [0.5, 0.6) is 0 Å². The predicted octanol–water partition coefficient (Wildman–Crippen LogP) is 4.58. The lowest BCUT2D eigenvalue weighted by molar-refractivity contribution is -0.118. The number of hydrogen-bond donors (Lipinski definition) is 1. The zero-order valence-corrected chi connectivity index (χ0v) is 15.7. The van der Waals surface area contributed by atoms with Gasteiger partial charge < -0.3 is 5.32 Å². The Morgan fingerprint density at radius 3 is 2.54 bits per heavy atom. The van der Waals surface area contributed by atoms with E-state index in [-0.39, 0.29) is 11.9 Å². The molecule has 2 aromatic carbocycles. The van der Waals surface area contributed by atoms with Gasteiger partial charge >= 0.3 is 0 Å². The molecule has 1 N–H and O–H groups in total. The molecule has 3 nitrogen and oxygen atoms in total. The van der Waals surface area contributed by atoms with Crippen molar-refractivity contribution in [2.45, 2.75) is 37.8 Å². The number of benzene rings is 2. The molecule has 0 unspecified atom stereocenters. The number of anilines is 1. The van der Waals surface area contributed by atoms with Crippen LogP contribution in [0.25, 0.3) is 0 Å². The summed E-state index contributed by atoms with van der Waals surface area (Å²) in [6.07, 6.45) is 4.92. The Balaban J connectivity index is 1.87. The molecule has 0 bridgehead atoms. The van der Waals surface area contributed by atoms with Crippen LogP contribution in [0.4, 0.5) is 5.69 Å². The first kappa shape index (κ1) is 16.1. The van der Waals surface area contributed by atoms with E-state index in [0.717, 1.165) is 5.69 Å². The number of fused-ring (bicyclic) bond motifs is 1. The number of nitrogens with zero attached hydrogens (tertiary/aromatic N) is 1. The summed E-state index contributed by atoms with van der Waals surface area (Å²) in [6.45, 7) is 0.468. The molecular formula is C20H21IN2O. The number of carbonyl (C=O) groups is 1. The maximum absolute atomic E-state index is 12.5. The van der Waals surface area contributed by atoms with Crippen molar-refractivity contribution in [2.24, 2.45) is 0 Å². The molecule has 0 saturated heterocycles. The van der Waals surface area contributed by atoms with Gasteiger partial charge in [-0.15, -0.1) is 0 Å². The Labute approximate surface area is 156 Å². The topological polar surface area (TPSA) is 32.3 Å². The van der Waals surface area contributed by atoms with E-state index in [1.54, 1.807) is 0 Å². The van der Waals surface area contributed by atoms with E-state index in [0.29, 0.717) is 12.6 Å². The third-order valence-corrected chi connectivity index (χ3v) is 5.82. The normalized spacial score (nSPS) is 22.0. The molecule has 24 heavy (non-hydrogen) atoms. The van der Waals surface area contributed by atoms with Crippen molar-refractivity contribution in [1.29, 1.82) is 0 Å². The Hall–Kier alpha value is -1.40. The maximum atomic E-state index is 12.5. The van der Waals surface area contributed by atoms with Crippen LogP contribution in [-0.2, 0) is 4.79 Å². The highest BCUT2D eigenvalue weighted by molar-refractivity contribution is 14.1. The van der Waals surface area contributed by atoms with Crippen molar-refractivity contribution in [3.05, 3.63) is 63.2 Å². The average molecular weight is 432 g/mol. The fourth-order valence-corrected chi connectivity index (χ4v) is 4.60. The molecule has 0 radical (unpaired) electrons. The number of hydrogen-bond acceptors (Lipinski definition) is 2. The van der Waals surface area contributed by atoms with Gasteiger partial charge in [0, 0.05) is 15.3 Å². The molecule has 1 amide bonds. The first-order valence-corrected chi connectivity index (χ1v) is 9.70. The van der Waals surface area contributed by atoms with Crippen LogP contribution in [0.2, 0.25) is 0 Å². The highest BCUT2D eigenvalue weighted by Gasteiger charge is 2.35. The van der Waals surface area contributed by atoms with Crippen LogP contribution in [0.1, 0.15) is 42.9 Å². The zero-order chi connectivity index (χ0) is 16.5. The second-order valence-corrected chi connectivity index (χ2v) is 7.95. The van der Waals surface area contributed by atoms with Crippen molar-refractivity contribution < 1.29 is 4.79 Å². The summed E-state index contributed by atoms with van der Waals surface area (Å²) in [5, 5.41) is 3.12. The molecule has 1 atom stereocenters. The summed E-state index contributed by atoms with van der Waals surface area (Å²) in [5.41, 5.74) is 3.43. The van der Waals surface area contributed by atoms with E-state index >= 15 is 0 Å². The molecule has 0 aromatic heterocycles. The number of carbonyl (C=O) groups excluding carboxylic acids is 1. The van der Waals surface area contributed by atoms with Gasteiger partial charge in [-0.2, -0.15) is 0 Å². The number of nitrogens with one attached hydrogen (secondary N) is 1. The third-order valence-electron chi connectivity index (χ3n) is 5.15.